The molecule has 1 aromatic rings. The lowest BCUT2D eigenvalue weighted by Gasteiger charge is -2.11. The third-order valence-corrected chi connectivity index (χ3v) is 4.53. The Hall–Kier alpha value is -0.380. The minimum Gasteiger partial charge on any atom is -0.495 e. The van der Waals surface area contributed by atoms with E-state index in [0.717, 1.165) is 24.8 Å². The molecule has 4 heteroatoms. The van der Waals surface area contributed by atoms with Crippen molar-refractivity contribution in [2.45, 2.75) is 13.0 Å². The molecular formula is C13H18ClNOS. The SMILES string of the molecule is COc1ccc(CNCC2CCSC2)cc1Cl. The summed E-state index contributed by atoms with van der Waals surface area (Å²) < 4.78 is 5.13. The van der Waals surface area contributed by atoms with Gasteiger partial charge in [-0.15, -0.1) is 0 Å². The molecule has 1 atom stereocenters. The molecule has 0 spiro atoms. The van der Waals surface area contributed by atoms with Crippen LogP contribution in [0.15, 0.2) is 18.2 Å². The number of thioether (sulfide) groups is 1. The van der Waals surface area contributed by atoms with Gasteiger partial charge in [-0.1, -0.05) is 17.7 Å². The van der Waals surface area contributed by atoms with Gasteiger partial charge in [-0.3, -0.25) is 0 Å². The molecule has 0 aliphatic carbocycles. The predicted octanol–water partition coefficient (Wildman–Crippen LogP) is 3.19. The van der Waals surface area contributed by atoms with E-state index in [2.05, 4.69) is 23.1 Å². The van der Waals surface area contributed by atoms with E-state index in [9.17, 15) is 0 Å². The van der Waals surface area contributed by atoms with Gasteiger partial charge < -0.3 is 10.1 Å². The van der Waals surface area contributed by atoms with Crippen molar-refractivity contribution in [2.24, 2.45) is 5.92 Å². The number of methoxy groups -OCH3 is 1. The molecule has 0 saturated carbocycles. The minimum absolute atomic E-state index is 0.684. The van der Waals surface area contributed by atoms with E-state index in [4.69, 9.17) is 16.3 Å². The Bertz CT molecular complexity index is 366. The molecule has 0 bridgehead atoms. The maximum absolute atomic E-state index is 6.08. The molecule has 1 fully saturated rings. The number of ether oxygens (including phenoxy) is 1. The number of hydrogen-bond donors (Lipinski definition) is 1. The van der Waals surface area contributed by atoms with Crippen molar-refractivity contribution in [3.8, 4) is 5.75 Å². The van der Waals surface area contributed by atoms with Crippen LogP contribution < -0.4 is 10.1 Å². The Morgan fingerprint density at radius 2 is 2.41 bits per heavy atom. The van der Waals surface area contributed by atoms with Crippen molar-refractivity contribution in [1.82, 2.24) is 5.32 Å². The zero-order valence-electron chi connectivity index (χ0n) is 10.0. The van der Waals surface area contributed by atoms with Crippen molar-refractivity contribution < 1.29 is 4.74 Å². The fourth-order valence-corrected chi connectivity index (χ4v) is 3.55. The Morgan fingerprint density at radius 3 is 3.06 bits per heavy atom. The number of hydrogen-bond acceptors (Lipinski definition) is 3. The van der Waals surface area contributed by atoms with Crippen molar-refractivity contribution >= 4 is 23.4 Å². The third kappa shape index (κ3) is 3.80. The third-order valence-electron chi connectivity index (χ3n) is 3.00. The van der Waals surface area contributed by atoms with Crippen molar-refractivity contribution in [1.29, 1.82) is 0 Å². The smallest absolute Gasteiger partial charge is 0.137 e. The standard InChI is InChI=1S/C13H18ClNOS/c1-16-13-3-2-10(6-12(13)14)7-15-8-11-4-5-17-9-11/h2-3,6,11,15H,4-5,7-9H2,1H3. The highest BCUT2D eigenvalue weighted by atomic mass is 35.5. The van der Waals surface area contributed by atoms with Crippen molar-refractivity contribution in [3.05, 3.63) is 28.8 Å². The zero-order chi connectivity index (χ0) is 12.1. The summed E-state index contributed by atoms with van der Waals surface area (Å²) in [5.74, 6) is 4.20. The molecule has 2 rings (SSSR count). The topological polar surface area (TPSA) is 21.3 Å². The van der Waals surface area contributed by atoms with Gasteiger partial charge in [0.2, 0.25) is 0 Å². The average Bonchev–Trinajstić information content (AvgIpc) is 2.82. The lowest BCUT2D eigenvalue weighted by atomic mass is 10.1. The van der Waals surface area contributed by atoms with Crippen LogP contribution in [0, 0.1) is 5.92 Å². The molecular weight excluding hydrogens is 254 g/mol. The van der Waals surface area contributed by atoms with E-state index in [0.29, 0.717) is 5.02 Å². The highest BCUT2D eigenvalue weighted by Gasteiger charge is 2.14. The maximum Gasteiger partial charge on any atom is 0.137 e. The summed E-state index contributed by atoms with van der Waals surface area (Å²) in [5.41, 5.74) is 1.21. The first-order valence-corrected chi connectivity index (χ1v) is 7.43. The van der Waals surface area contributed by atoms with E-state index in [-0.39, 0.29) is 0 Å². The van der Waals surface area contributed by atoms with Gasteiger partial charge in [0.25, 0.3) is 0 Å². The molecule has 1 N–H and O–H groups in total. The molecule has 94 valence electrons. The molecule has 17 heavy (non-hydrogen) atoms. The van der Waals surface area contributed by atoms with E-state index in [1.165, 1.54) is 23.5 Å². The second-order valence-electron chi connectivity index (χ2n) is 4.33. The first-order chi connectivity index (χ1) is 8.29. The van der Waals surface area contributed by atoms with Gasteiger partial charge in [-0.2, -0.15) is 11.8 Å². The average molecular weight is 272 g/mol. The maximum atomic E-state index is 6.08. The summed E-state index contributed by atoms with van der Waals surface area (Å²) in [6.07, 6.45) is 1.35. The molecule has 1 unspecified atom stereocenters. The van der Waals surface area contributed by atoms with Crippen LogP contribution in [0.3, 0.4) is 0 Å². The number of halogens is 1. The molecule has 0 radical (unpaired) electrons. The van der Waals surface area contributed by atoms with E-state index < -0.39 is 0 Å². The lowest BCUT2D eigenvalue weighted by molar-refractivity contribution is 0.414. The van der Waals surface area contributed by atoms with Gasteiger partial charge in [0.1, 0.15) is 5.75 Å². The highest BCUT2D eigenvalue weighted by molar-refractivity contribution is 7.99. The largest absolute Gasteiger partial charge is 0.495 e. The molecule has 1 aromatic carbocycles. The van der Waals surface area contributed by atoms with Crippen LogP contribution in [-0.4, -0.2) is 25.2 Å². The van der Waals surface area contributed by atoms with Gasteiger partial charge in [-0.05, 0) is 48.1 Å². The van der Waals surface area contributed by atoms with Gasteiger partial charge in [-0.25, -0.2) is 0 Å². The van der Waals surface area contributed by atoms with Crippen LogP contribution in [0.4, 0.5) is 0 Å². The highest BCUT2D eigenvalue weighted by Crippen LogP contribution is 2.25. The van der Waals surface area contributed by atoms with Crippen LogP contribution >= 0.6 is 23.4 Å². The summed E-state index contributed by atoms with van der Waals surface area (Å²) in [4.78, 5) is 0. The fraction of sp³-hybridized carbons (Fsp3) is 0.538. The Balaban J connectivity index is 1.80. The summed E-state index contributed by atoms with van der Waals surface area (Å²) in [6.45, 7) is 1.99. The first-order valence-electron chi connectivity index (χ1n) is 5.90. The number of benzene rings is 1. The summed E-state index contributed by atoms with van der Waals surface area (Å²) in [7, 11) is 1.64. The number of rotatable bonds is 5. The summed E-state index contributed by atoms with van der Waals surface area (Å²) in [6, 6.07) is 5.95. The van der Waals surface area contributed by atoms with Gasteiger partial charge in [0.15, 0.2) is 0 Å². The van der Waals surface area contributed by atoms with Crippen molar-refractivity contribution in [2.75, 3.05) is 25.2 Å². The molecule has 1 aliphatic rings. The Morgan fingerprint density at radius 1 is 1.53 bits per heavy atom. The molecule has 1 saturated heterocycles. The Labute approximate surface area is 112 Å². The second kappa shape index (κ2) is 6.53. The van der Waals surface area contributed by atoms with Crippen molar-refractivity contribution in [3.63, 3.8) is 0 Å². The number of nitrogens with one attached hydrogen (secondary N) is 1. The zero-order valence-corrected chi connectivity index (χ0v) is 11.6. The van der Waals surface area contributed by atoms with Crippen LogP contribution in [0.5, 0.6) is 5.75 Å². The quantitative estimate of drug-likeness (QED) is 0.889. The van der Waals surface area contributed by atoms with E-state index in [1.54, 1.807) is 7.11 Å². The van der Waals surface area contributed by atoms with E-state index >= 15 is 0 Å². The van der Waals surface area contributed by atoms with E-state index in [1.807, 2.05) is 12.1 Å². The van der Waals surface area contributed by atoms with Crippen LogP contribution in [0.25, 0.3) is 0 Å². The molecule has 1 aliphatic heterocycles. The Kier molecular flexibility index (Phi) is 5.01. The fourth-order valence-electron chi connectivity index (χ4n) is 1.98. The minimum atomic E-state index is 0.684. The van der Waals surface area contributed by atoms with Crippen LogP contribution in [0.1, 0.15) is 12.0 Å². The second-order valence-corrected chi connectivity index (χ2v) is 5.89. The molecule has 2 nitrogen and oxygen atoms in total. The van der Waals surface area contributed by atoms with Gasteiger partial charge >= 0.3 is 0 Å². The van der Waals surface area contributed by atoms with Gasteiger partial charge in [0, 0.05) is 6.54 Å². The summed E-state index contributed by atoms with van der Waals surface area (Å²) >= 11 is 8.14. The molecule has 0 aromatic heterocycles. The van der Waals surface area contributed by atoms with Crippen LogP contribution in [-0.2, 0) is 6.54 Å². The normalized spacial score (nSPS) is 19.5. The monoisotopic (exact) mass is 271 g/mol. The summed E-state index contributed by atoms with van der Waals surface area (Å²) in [5, 5.41) is 4.18. The van der Waals surface area contributed by atoms with Gasteiger partial charge in [0.05, 0.1) is 12.1 Å². The predicted molar refractivity (Wildman–Crippen MR) is 75.1 cm³/mol. The lowest BCUT2D eigenvalue weighted by Crippen LogP contribution is -2.22. The molecule has 0 amide bonds. The molecule has 1 heterocycles. The first kappa shape index (κ1) is 13.1. The van der Waals surface area contributed by atoms with Crippen LogP contribution in [0.2, 0.25) is 5.02 Å².